The summed E-state index contributed by atoms with van der Waals surface area (Å²) >= 11 is 0. The van der Waals surface area contributed by atoms with Crippen molar-refractivity contribution < 1.29 is 14.7 Å². The number of anilines is 2. The minimum atomic E-state index is -0.684. The Morgan fingerprint density at radius 3 is 2.54 bits per heavy atom. The fourth-order valence-electron chi connectivity index (χ4n) is 5.46. The molecule has 1 aliphatic carbocycles. The van der Waals surface area contributed by atoms with Gasteiger partial charge in [-0.25, -0.2) is 4.98 Å². The van der Waals surface area contributed by atoms with Crippen molar-refractivity contribution in [1.82, 2.24) is 30.4 Å². The van der Waals surface area contributed by atoms with Gasteiger partial charge >= 0.3 is 0 Å². The normalized spacial score (nSPS) is 20.6. The molecule has 4 heterocycles. The first-order valence-corrected chi connectivity index (χ1v) is 14.2. The quantitative estimate of drug-likeness (QED) is 0.354. The van der Waals surface area contributed by atoms with Crippen LogP contribution in [0.15, 0.2) is 30.3 Å². The van der Waals surface area contributed by atoms with Crippen molar-refractivity contribution in [3.05, 3.63) is 47.2 Å². The first kappa shape index (κ1) is 26.0. The Morgan fingerprint density at radius 1 is 1.05 bits per heavy atom. The largest absolute Gasteiger partial charge is 0.390 e. The Balaban J connectivity index is 1.07. The number of amides is 2. The molecular weight excluding hydrogens is 496 g/mol. The van der Waals surface area contributed by atoms with E-state index in [0.29, 0.717) is 44.5 Å². The summed E-state index contributed by atoms with van der Waals surface area (Å²) in [4.78, 5) is 41.1. The number of nitrogens with one attached hydrogen (secondary N) is 3. The highest BCUT2D eigenvalue weighted by Crippen LogP contribution is 2.31. The summed E-state index contributed by atoms with van der Waals surface area (Å²) in [6.07, 6.45) is 2.29. The molecule has 6 rings (SSSR count). The van der Waals surface area contributed by atoms with Crippen LogP contribution in [0.3, 0.4) is 0 Å². The molecule has 11 heteroatoms. The van der Waals surface area contributed by atoms with Gasteiger partial charge in [0, 0.05) is 77.4 Å². The zero-order valence-corrected chi connectivity index (χ0v) is 22.3. The highest BCUT2D eigenvalue weighted by molar-refractivity contribution is 5.93. The summed E-state index contributed by atoms with van der Waals surface area (Å²) < 4.78 is 0. The van der Waals surface area contributed by atoms with Crippen molar-refractivity contribution in [2.75, 3.05) is 69.1 Å². The zero-order chi connectivity index (χ0) is 26.8. The third-order valence-corrected chi connectivity index (χ3v) is 8.06. The number of carbonyl (C=O) groups excluding carboxylic acids is 2. The number of β-amino-alcohol motifs (C(OH)–C–C–N with tert-alkyl or cyclic N) is 1. The number of piperazine rings is 1. The van der Waals surface area contributed by atoms with Crippen molar-refractivity contribution in [2.45, 2.75) is 38.0 Å². The first-order chi connectivity index (χ1) is 19.0. The third-order valence-electron chi connectivity index (χ3n) is 8.06. The second kappa shape index (κ2) is 11.4. The second-order valence-corrected chi connectivity index (χ2v) is 11.1. The number of aromatic nitrogens is 2. The average molecular weight is 535 g/mol. The molecule has 1 aromatic heterocycles. The molecular formula is C28H38N8O3. The lowest BCUT2D eigenvalue weighted by atomic mass is 10.00. The maximum Gasteiger partial charge on any atom is 0.270 e. The van der Waals surface area contributed by atoms with Gasteiger partial charge in [-0.2, -0.15) is 4.98 Å². The van der Waals surface area contributed by atoms with E-state index in [9.17, 15) is 14.7 Å². The van der Waals surface area contributed by atoms with E-state index >= 15 is 0 Å². The fraction of sp³-hybridized carbons (Fsp3) is 0.571. The standard InChI is InChI=1S/C28H38N8O3/c37-23(18-34-8-7-19-3-1-2-4-21(19)17-34)16-30-26(38)24-13-25(31-22-14-29-15-22)33-28(32-24)36-11-9-35(10-12-36)27(39)20-5-6-20/h1-4,13,20,22-23,29,37H,5-12,14-18H2,(H,30,38)(H,31,32,33)/t23-/m0/s1. The van der Waals surface area contributed by atoms with Crippen LogP contribution >= 0.6 is 0 Å². The van der Waals surface area contributed by atoms with Gasteiger partial charge in [0.05, 0.1) is 12.1 Å². The number of hydrogen-bond acceptors (Lipinski definition) is 9. The Kier molecular flexibility index (Phi) is 7.62. The van der Waals surface area contributed by atoms with Gasteiger partial charge in [-0.05, 0) is 30.4 Å². The maximum absolute atomic E-state index is 13.1. The van der Waals surface area contributed by atoms with Crippen LogP contribution in [0.4, 0.5) is 11.8 Å². The van der Waals surface area contributed by atoms with E-state index < -0.39 is 6.10 Å². The van der Waals surface area contributed by atoms with Crippen molar-refractivity contribution in [1.29, 1.82) is 0 Å². The van der Waals surface area contributed by atoms with E-state index in [2.05, 4.69) is 44.0 Å². The number of hydrogen-bond donors (Lipinski definition) is 4. The number of aliphatic hydroxyl groups excluding tert-OH is 1. The molecule has 1 saturated carbocycles. The summed E-state index contributed by atoms with van der Waals surface area (Å²) in [5.41, 5.74) is 2.94. The highest BCUT2D eigenvalue weighted by Gasteiger charge is 2.35. The summed E-state index contributed by atoms with van der Waals surface area (Å²) in [6.45, 7) is 6.56. The SMILES string of the molecule is O=C(NC[C@H](O)CN1CCc2ccccc2C1)c1cc(NC2CNC2)nc(N2CCN(C(=O)C3CC3)CC2)n1. The Morgan fingerprint density at radius 2 is 1.82 bits per heavy atom. The van der Waals surface area contributed by atoms with Gasteiger partial charge in [0.2, 0.25) is 11.9 Å². The highest BCUT2D eigenvalue weighted by atomic mass is 16.3. The Hall–Kier alpha value is -3.28. The molecule has 11 nitrogen and oxygen atoms in total. The minimum Gasteiger partial charge on any atom is -0.390 e. The minimum absolute atomic E-state index is 0.146. The lowest BCUT2D eigenvalue weighted by Gasteiger charge is -2.35. The first-order valence-electron chi connectivity index (χ1n) is 14.2. The molecule has 0 unspecified atom stereocenters. The van der Waals surface area contributed by atoms with Gasteiger partial charge in [0.1, 0.15) is 11.5 Å². The summed E-state index contributed by atoms with van der Waals surface area (Å²) in [6, 6.07) is 10.4. The molecule has 0 spiro atoms. The van der Waals surface area contributed by atoms with Crippen LogP contribution in [0.1, 0.15) is 34.5 Å². The van der Waals surface area contributed by atoms with Crippen LogP contribution in [0.5, 0.6) is 0 Å². The lowest BCUT2D eigenvalue weighted by molar-refractivity contribution is -0.132. The molecule has 4 aliphatic rings. The molecule has 1 atom stereocenters. The molecule has 2 aromatic rings. The lowest BCUT2D eigenvalue weighted by Crippen LogP contribution is -2.52. The molecule has 39 heavy (non-hydrogen) atoms. The Labute approximate surface area is 229 Å². The predicted molar refractivity (Wildman–Crippen MR) is 148 cm³/mol. The van der Waals surface area contributed by atoms with Crippen molar-refractivity contribution in [2.24, 2.45) is 5.92 Å². The predicted octanol–water partition coefficient (Wildman–Crippen LogP) is 0.0679. The van der Waals surface area contributed by atoms with Crippen molar-refractivity contribution >= 4 is 23.6 Å². The molecule has 4 N–H and O–H groups in total. The van der Waals surface area contributed by atoms with Gasteiger partial charge in [-0.1, -0.05) is 24.3 Å². The summed E-state index contributed by atoms with van der Waals surface area (Å²) in [7, 11) is 0. The summed E-state index contributed by atoms with van der Waals surface area (Å²) in [5.74, 6) is 1.24. The van der Waals surface area contributed by atoms with E-state index in [1.807, 2.05) is 15.9 Å². The van der Waals surface area contributed by atoms with Crippen LogP contribution in [0.25, 0.3) is 0 Å². The second-order valence-electron chi connectivity index (χ2n) is 11.1. The van der Waals surface area contributed by atoms with E-state index in [0.717, 1.165) is 45.4 Å². The van der Waals surface area contributed by atoms with Crippen molar-refractivity contribution in [3.8, 4) is 0 Å². The van der Waals surface area contributed by atoms with Crippen molar-refractivity contribution in [3.63, 3.8) is 0 Å². The van der Waals surface area contributed by atoms with Gasteiger partial charge in [0.25, 0.3) is 5.91 Å². The number of aliphatic hydroxyl groups is 1. The van der Waals surface area contributed by atoms with E-state index in [1.165, 1.54) is 11.1 Å². The molecule has 2 amide bonds. The fourth-order valence-corrected chi connectivity index (χ4v) is 5.46. The number of carbonyl (C=O) groups is 2. The Bertz CT molecular complexity index is 1190. The van der Waals surface area contributed by atoms with Gasteiger partial charge in [0.15, 0.2) is 0 Å². The number of benzene rings is 1. The summed E-state index contributed by atoms with van der Waals surface area (Å²) in [5, 5.41) is 20.2. The third kappa shape index (κ3) is 6.32. The average Bonchev–Trinajstić information content (AvgIpc) is 3.79. The molecule has 3 fully saturated rings. The van der Waals surface area contributed by atoms with Crippen LogP contribution in [-0.2, 0) is 17.8 Å². The molecule has 208 valence electrons. The number of nitrogens with zero attached hydrogens (tertiary/aromatic N) is 5. The van der Waals surface area contributed by atoms with Gasteiger partial charge in [-0.15, -0.1) is 0 Å². The maximum atomic E-state index is 13.1. The molecule has 0 bridgehead atoms. The van der Waals surface area contributed by atoms with Crippen LogP contribution in [0.2, 0.25) is 0 Å². The molecule has 1 aromatic carbocycles. The van der Waals surface area contributed by atoms with Gasteiger partial charge in [-0.3, -0.25) is 14.5 Å². The molecule has 3 aliphatic heterocycles. The molecule has 0 radical (unpaired) electrons. The van der Waals surface area contributed by atoms with Crippen LogP contribution in [0, 0.1) is 5.92 Å². The monoisotopic (exact) mass is 534 g/mol. The van der Waals surface area contributed by atoms with Crippen LogP contribution in [-0.4, -0.2) is 108 Å². The number of fused-ring (bicyclic) bond motifs is 1. The topological polar surface area (TPSA) is 126 Å². The van der Waals surface area contributed by atoms with Gasteiger partial charge < -0.3 is 30.9 Å². The van der Waals surface area contributed by atoms with E-state index in [4.69, 9.17) is 4.98 Å². The van der Waals surface area contributed by atoms with E-state index in [-0.39, 0.29) is 36.0 Å². The number of rotatable bonds is 9. The van der Waals surface area contributed by atoms with E-state index in [1.54, 1.807) is 6.07 Å². The zero-order valence-electron chi connectivity index (χ0n) is 22.3. The smallest absolute Gasteiger partial charge is 0.270 e. The molecule has 2 saturated heterocycles. The van der Waals surface area contributed by atoms with Crippen LogP contribution < -0.4 is 20.9 Å².